The lowest BCUT2D eigenvalue weighted by molar-refractivity contribution is -0.128. The highest BCUT2D eigenvalue weighted by Gasteiger charge is 2.06. The second kappa shape index (κ2) is 6.25. The van der Waals surface area contributed by atoms with Gasteiger partial charge in [0.2, 0.25) is 5.91 Å². The van der Waals surface area contributed by atoms with Crippen LogP contribution in [0, 0.1) is 6.92 Å². The minimum atomic E-state index is 0.0552. The molecule has 1 aromatic rings. The highest BCUT2D eigenvalue weighted by molar-refractivity contribution is 5.77. The molecule has 0 aromatic heterocycles. The average Bonchev–Trinajstić information content (AvgIpc) is 2.32. The Hall–Kier alpha value is -1.55. The summed E-state index contributed by atoms with van der Waals surface area (Å²) in [5, 5.41) is 12.7. The summed E-state index contributed by atoms with van der Waals surface area (Å²) >= 11 is 0. The van der Waals surface area contributed by atoms with E-state index in [1.165, 1.54) is 0 Å². The monoisotopic (exact) mass is 236 g/mol. The Balaban J connectivity index is 2.46. The fraction of sp³-hybridized carbons (Fsp3) is 0.462. The second-order valence-electron chi connectivity index (χ2n) is 4.14. The van der Waals surface area contributed by atoms with Gasteiger partial charge in [-0.1, -0.05) is 17.7 Å². The number of phenolic OH excluding ortho intramolecular Hbond substituents is 1. The first-order valence-electron chi connectivity index (χ1n) is 5.77. The molecule has 1 rings (SSSR count). The SMILES string of the molecule is CCN(C)C(=O)CNCc1cc(C)ccc1O. The zero-order chi connectivity index (χ0) is 12.8. The topological polar surface area (TPSA) is 52.6 Å². The summed E-state index contributed by atoms with van der Waals surface area (Å²) in [6.45, 7) is 5.40. The third kappa shape index (κ3) is 4.07. The molecule has 0 bridgehead atoms. The number of amides is 1. The van der Waals surface area contributed by atoms with Crippen LogP contribution >= 0.6 is 0 Å². The molecule has 2 N–H and O–H groups in total. The van der Waals surface area contributed by atoms with Gasteiger partial charge >= 0.3 is 0 Å². The molecular weight excluding hydrogens is 216 g/mol. The van der Waals surface area contributed by atoms with Crippen molar-refractivity contribution >= 4 is 5.91 Å². The number of nitrogens with one attached hydrogen (secondary N) is 1. The van der Waals surface area contributed by atoms with E-state index in [2.05, 4.69) is 5.32 Å². The highest BCUT2D eigenvalue weighted by Crippen LogP contribution is 2.17. The van der Waals surface area contributed by atoms with Crippen molar-refractivity contribution in [1.82, 2.24) is 10.2 Å². The predicted octanol–water partition coefficient (Wildman–Crippen LogP) is 1.27. The number of rotatable bonds is 5. The van der Waals surface area contributed by atoms with Gasteiger partial charge < -0.3 is 15.3 Å². The maximum absolute atomic E-state index is 11.5. The number of aromatic hydroxyl groups is 1. The van der Waals surface area contributed by atoms with E-state index in [4.69, 9.17) is 0 Å². The van der Waals surface area contributed by atoms with Crippen LogP contribution in [-0.4, -0.2) is 36.1 Å². The van der Waals surface area contributed by atoms with Gasteiger partial charge in [-0.05, 0) is 19.9 Å². The fourth-order valence-corrected chi connectivity index (χ4v) is 1.47. The van der Waals surface area contributed by atoms with Crippen LogP contribution in [0.15, 0.2) is 18.2 Å². The number of phenols is 1. The summed E-state index contributed by atoms with van der Waals surface area (Å²) in [5.74, 6) is 0.319. The van der Waals surface area contributed by atoms with Crippen molar-refractivity contribution in [3.05, 3.63) is 29.3 Å². The number of carbonyl (C=O) groups excluding carboxylic acids is 1. The summed E-state index contributed by atoms with van der Waals surface area (Å²) in [7, 11) is 1.77. The van der Waals surface area contributed by atoms with Gasteiger partial charge in [-0.3, -0.25) is 4.79 Å². The van der Waals surface area contributed by atoms with E-state index < -0.39 is 0 Å². The van der Waals surface area contributed by atoms with Crippen LogP contribution in [-0.2, 0) is 11.3 Å². The van der Waals surface area contributed by atoms with Crippen molar-refractivity contribution < 1.29 is 9.90 Å². The molecule has 0 fully saturated rings. The first kappa shape index (κ1) is 13.5. The lowest BCUT2D eigenvalue weighted by atomic mass is 10.1. The third-order valence-electron chi connectivity index (χ3n) is 2.73. The molecule has 0 aliphatic rings. The van der Waals surface area contributed by atoms with Crippen molar-refractivity contribution in [2.24, 2.45) is 0 Å². The maximum Gasteiger partial charge on any atom is 0.236 e. The molecule has 0 aliphatic heterocycles. The number of hydrogen-bond acceptors (Lipinski definition) is 3. The highest BCUT2D eigenvalue weighted by atomic mass is 16.3. The molecular formula is C13H20N2O2. The lowest BCUT2D eigenvalue weighted by Gasteiger charge is -2.15. The van der Waals surface area contributed by atoms with Crippen molar-refractivity contribution in [3.8, 4) is 5.75 Å². The Morgan fingerprint density at radius 2 is 2.18 bits per heavy atom. The summed E-state index contributed by atoms with van der Waals surface area (Å²) in [4.78, 5) is 13.2. The number of hydrogen-bond donors (Lipinski definition) is 2. The molecule has 4 nitrogen and oxygen atoms in total. The Morgan fingerprint density at radius 3 is 2.82 bits per heavy atom. The molecule has 4 heteroatoms. The van der Waals surface area contributed by atoms with E-state index in [-0.39, 0.29) is 18.2 Å². The minimum Gasteiger partial charge on any atom is -0.508 e. The van der Waals surface area contributed by atoms with Crippen LogP contribution in [0.2, 0.25) is 0 Å². The number of likely N-dealkylation sites (N-methyl/N-ethyl adjacent to an activating group) is 1. The Kier molecular flexibility index (Phi) is 4.97. The van der Waals surface area contributed by atoms with Crippen molar-refractivity contribution in [2.45, 2.75) is 20.4 Å². The number of nitrogens with zero attached hydrogens (tertiary/aromatic N) is 1. The molecule has 0 atom stereocenters. The molecule has 0 spiro atoms. The van der Waals surface area contributed by atoms with Crippen LogP contribution in [0.1, 0.15) is 18.1 Å². The Morgan fingerprint density at radius 1 is 1.47 bits per heavy atom. The van der Waals surface area contributed by atoms with Gasteiger partial charge in [-0.15, -0.1) is 0 Å². The number of benzene rings is 1. The summed E-state index contributed by atoms with van der Waals surface area (Å²) in [5.41, 5.74) is 1.91. The van der Waals surface area contributed by atoms with Crippen LogP contribution < -0.4 is 5.32 Å². The van der Waals surface area contributed by atoms with Gasteiger partial charge in [0.05, 0.1) is 6.54 Å². The molecule has 0 radical (unpaired) electrons. The zero-order valence-corrected chi connectivity index (χ0v) is 10.7. The van der Waals surface area contributed by atoms with E-state index >= 15 is 0 Å². The smallest absolute Gasteiger partial charge is 0.236 e. The Bertz CT molecular complexity index is 391. The molecule has 1 amide bonds. The van der Waals surface area contributed by atoms with E-state index in [9.17, 15) is 9.90 Å². The van der Waals surface area contributed by atoms with E-state index in [0.717, 1.165) is 11.1 Å². The zero-order valence-electron chi connectivity index (χ0n) is 10.7. The van der Waals surface area contributed by atoms with Crippen LogP contribution in [0.5, 0.6) is 5.75 Å². The van der Waals surface area contributed by atoms with Crippen LogP contribution in [0.4, 0.5) is 0 Å². The van der Waals surface area contributed by atoms with Crippen LogP contribution in [0.25, 0.3) is 0 Å². The molecule has 94 valence electrons. The molecule has 0 aliphatic carbocycles. The first-order chi connectivity index (χ1) is 8.04. The second-order valence-corrected chi connectivity index (χ2v) is 4.14. The molecule has 0 unspecified atom stereocenters. The molecule has 0 heterocycles. The predicted molar refractivity (Wildman–Crippen MR) is 67.9 cm³/mol. The molecule has 0 saturated carbocycles. The van der Waals surface area contributed by atoms with Gasteiger partial charge in [0.25, 0.3) is 0 Å². The maximum atomic E-state index is 11.5. The Labute approximate surface area is 102 Å². The summed E-state index contributed by atoms with van der Waals surface area (Å²) in [6, 6.07) is 5.44. The average molecular weight is 236 g/mol. The van der Waals surface area contributed by atoms with Crippen LogP contribution in [0.3, 0.4) is 0 Å². The normalized spacial score (nSPS) is 10.3. The van der Waals surface area contributed by atoms with Crippen molar-refractivity contribution in [2.75, 3.05) is 20.1 Å². The van der Waals surface area contributed by atoms with Gasteiger partial charge in [0.1, 0.15) is 5.75 Å². The quantitative estimate of drug-likeness (QED) is 0.809. The minimum absolute atomic E-state index is 0.0552. The van der Waals surface area contributed by atoms with Crippen molar-refractivity contribution in [1.29, 1.82) is 0 Å². The van der Waals surface area contributed by atoms with Gasteiger partial charge in [0, 0.05) is 25.7 Å². The third-order valence-corrected chi connectivity index (χ3v) is 2.73. The molecule has 1 aromatic carbocycles. The van der Waals surface area contributed by atoms with E-state index in [1.807, 2.05) is 26.0 Å². The fourth-order valence-electron chi connectivity index (χ4n) is 1.47. The number of carbonyl (C=O) groups is 1. The van der Waals surface area contributed by atoms with E-state index in [1.54, 1.807) is 18.0 Å². The van der Waals surface area contributed by atoms with Gasteiger partial charge in [-0.25, -0.2) is 0 Å². The standard InChI is InChI=1S/C13H20N2O2/c1-4-15(3)13(17)9-14-8-11-7-10(2)5-6-12(11)16/h5-7,14,16H,4,8-9H2,1-3H3. The summed E-state index contributed by atoms with van der Waals surface area (Å²) < 4.78 is 0. The largest absolute Gasteiger partial charge is 0.508 e. The number of aryl methyl sites for hydroxylation is 1. The van der Waals surface area contributed by atoms with Crippen molar-refractivity contribution in [3.63, 3.8) is 0 Å². The lowest BCUT2D eigenvalue weighted by Crippen LogP contribution is -2.35. The first-order valence-corrected chi connectivity index (χ1v) is 5.77. The van der Waals surface area contributed by atoms with E-state index in [0.29, 0.717) is 13.1 Å². The molecule has 17 heavy (non-hydrogen) atoms. The van der Waals surface area contributed by atoms with Gasteiger partial charge in [0.15, 0.2) is 0 Å². The van der Waals surface area contributed by atoms with Gasteiger partial charge in [-0.2, -0.15) is 0 Å². The summed E-state index contributed by atoms with van der Waals surface area (Å²) in [6.07, 6.45) is 0. The molecule has 0 saturated heterocycles.